The number of hydrogen-bond donors (Lipinski definition) is 4. The van der Waals surface area contributed by atoms with E-state index >= 15 is 0 Å². The van der Waals surface area contributed by atoms with Gasteiger partial charge >= 0.3 is 0 Å². The molecule has 2 aliphatic heterocycles. The van der Waals surface area contributed by atoms with Crippen LogP contribution in [-0.4, -0.2) is 110 Å². The predicted molar refractivity (Wildman–Crippen MR) is 211 cm³/mol. The van der Waals surface area contributed by atoms with Crippen LogP contribution < -0.4 is 15.4 Å². The van der Waals surface area contributed by atoms with Gasteiger partial charge in [-0.15, -0.1) is 0 Å². The maximum absolute atomic E-state index is 13.4. The molecule has 0 aliphatic carbocycles. The van der Waals surface area contributed by atoms with Crippen molar-refractivity contribution in [2.24, 2.45) is 0 Å². The van der Waals surface area contributed by atoms with Crippen LogP contribution in [0.1, 0.15) is 75.6 Å². The van der Waals surface area contributed by atoms with Crippen LogP contribution in [0.25, 0.3) is 0 Å². The molecule has 3 aromatic carbocycles. The summed E-state index contributed by atoms with van der Waals surface area (Å²) in [5.74, 6) is 1.36. The summed E-state index contributed by atoms with van der Waals surface area (Å²) in [5, 5.41) is 28.1. The first kappa shape index (κ1) is 40.4. The molecule has 5 rings (SSSR count). The third kappa shape index (κ3) is 11.1. The van der Waals surface area contributed by atoms with E-state index < -0.39 is 0 Å². The Morgan fingerprint density at radius 2 is 1.72 bits per heavy atom. The molecule has 1 saturated heterocycles. The molecule has 2 aliphatic rings. The monoisotopic (exact) mass is 730 g/mol. The molecule has 2 heterocycles. The molecule has 10 heteroatoms. The highest BCUT2D eigenvalue weighted by molar-refractivity contribution is 5.76. The normalized spacial score (nSPS) is 15.6. The van der Waals surface area contributed by atoms with E-state index in [9.17, 15) is 15.0 Å². The number of amides is 1. The lowest BCUT2D eigenvalue weighted by molar-refractivity contribution is -0.132. The van der Waals surface area contributed by atoms with E-state index in [1.807, 2.05) is 36.9 Å². The van der Waals surface area contributed by atoms with Gasteiger partial charge in [0.1, 0.15) is 29.5 Å². The van der Waals surface area contributed by atoms with Crippen molar-refractivity contribution >= 4 is 11.6 Å². The van der Waals surface area contributed by atoms with Crippen molar-refractivity contribution in [1.82, 2.24) is 15.1 Å². The van der Waals surface area contributed by atoms with Crippen molar-refractivity contribution in [1.29, 1.82) is 0 Å². The maximum atomic E-state index is 13.4. The second-order valence-electron chi connectivity index (χ2n) is 14.9. The number of carbonyl (C=O) groups excluding carboxylic acids is 1. The van der Waals surface area contributed by atoms with Gasteiger partial charge in [-0.25, -0.2) is 0 Å². The van der Waals surface area contributed by atoms with E-state index in [-0.39, 0.29) is 23.2 Å². The molecule has 0 bridgehead atoms. The largest absolute Gasteiger partial charge is 0.508 e. The summed E-state index contributed by atoms with van der Waals surface area (Å²) in [7, 11) is 0. The summed E-state index contributed by atoms with van der Waals surface area (Å²) in [4.78, 5) is 17.8. The molecule has 53 heavy (non-hydrogen) atoms. The number of hydrogen-bond acceptors (Lipinski definition) is 9. The first-order valence-corrected chi connectivity index (χ1v) is 19.7. The minimum Gasteiger partial charge on any atom is -0.508 e. The summed E-state index contributed by atoms with van der Waals surface area (Å²) < 4.78 is 17.6. The summed E-state index contributed by atoms with van der Waals surface area (Å²) >= 11 is 0. The second kappa shape index (κ2) is 20.0. The number of carbonyl (C=O) groups is 1. The molecule has 0 spiro atoms. The zero-order chi connectivity index (χ0) is 37.6. The number of aromatic hydroxyl groups is 2. The van der Waals surface area contributed by atoms with Gasteiger partial charge < -0.3 is 44.9 Å². The highest BCUT2D eigenvalue weighted by Gasteiger charge is 2.40. The third-order valence-corrected chi connectivity index (χ3v) is 10.7. The zero-order valence-electron chi connectivity index (χ0n) is 32.4. The first-order valence-electron chi connectivity index (χ1n) is 19.7. The maximum Gasteiger partial charge on any atom is 0.224 e. The zero-order valence-corrected chi connectivity index (χ0v) is 32.4. The molecule has 0 atom stereocenters. The number of anilines is 1. The van der Waals surface area contributed by atoms with Crippen LogP contribution in [0.4, 0.5) is 5.69 Å². The number of phenolic OH excluding ortho intramolecular Hbond substituents is 2. The Bertz CT molecular complexity index is 1570. The highest BCUT2D eigenvalue weighted by Crippen LogP contribution is 2.46. The third-order valence-electron chi connectivity index (χ3n) is 10.7. The lowest BCUT2D eigenvalue weighted by Gasteiger charge is -2.44. The summed E-state index contributed by atoms with van der Waals surface area (Å²) in [6.45, 7) is 15.9. The van der Waals surface area contributed by atoms with Crippen LogP contribution >= 0.6 is 0 Å². The lowest BCUT2D eigenvalue weighted by atomic mass is 9.67. The number of nitrogens with one attached hydrogen (secondary N) is 2. The highest BCUT2D eigenvalue weighted by atomic mass is 16.5. The van der Waals surface area contributed by atoms with Gasteiger partial charge in [-0.2, -0.15) is 0 Å². The van der Waals surface area contributed by atoms with E-state index in [0.717, 1.165) is 67.8 Å². The number of likely N-dealkylation sites (tertiary alicyclic amines) is 1. The molecule has 4 N–H and O–H groups in total. The molecule has 10 nitrogen and oxygen atoms in total. The Morgan fingerprint density at radius 3 is 2.47 bits per heavy atom. The minimum atomic E-state index is -0.241. The molecular formula is C43H62N4O6. The van der Waals surface area contributed by atoms with Crippen LogP contribution in [0, 0.1) is 0 Å². The van der Waals surface area contributed by atoms with Crippen LogP contribution in [-0.2, 0) is 32.5 Å². The van der Waals surface area contributed by atoms with Crippen LogP contribution in [0.2, 0.25) is 0 Å². The number of nitrogens with zero attached hydrogens (tertiary/aromatic N) is 2. The van der Waals surface area contributed by atoms with E-state index in [4.69, 9.17) is 14.2 Å². The fourth-order valence-corrected chi connectivity index (χ4v) is 7.60. The molecule has 1 fully saturated rings. The van der Waals surface area contributed by atoms with Gasteiger partial charge in [0.25, 0.3) is 0 Å². The SMILES string of the molecule is CC(C)OCCCN(CCNCCc1ccc(O)c2c1OCCN2)C(=O)CCOCCc1ccc(O)c(C2(c3ccccc3)CCN(C(C)C)CC2)c1. The van der Waals surface area contributed by atoms with Gasteiger partial charge in [0.05, 0.1) is 25.7 Å². The van der Waals surface area contributed by atoms with Gasteiger partial charge in [-0.05, 0) is 108 Å². The molecule has 3 aromatic rings. The number of ether oxygens (including phenoxy) is 3. The van der Waals surface area contributed by atoms with Gasteiger partial charge in [0.2, 0.25) is 5.91 Å². The van der Waals surface area contributed by atoms with Crippen molar-refractivity contribution in [2.45, 2.75) is 83.8 Å². The van der Waals surface area contributed by atoms with E-state index in [2.05, 4.69) is 65.8 Å². The number of piperidine rings is 1. The number of benzene rings is 3. The van der Waals surface area contributed by atoms with Crippen molar-refractivity contribution in [3.63, 3.8) is 0 Å². The number of rotatable bonds is 20. The standard InChI is InChI=1S/C43H62N4O6/c1-32(2)46-24-18-43(19-25-46,36-9-6-5-7-10-36)37-31-34(11-13-38(37)48)16-28-51-29-17-40(50)47(23-8-27-52-33(3)4)26-21-44-20-15-35-12-14-39(49)41-42(35)53-30-22-45-41/h5-7,9-14,31-33,44-45,48-49H,8,15-30H2,1-4H3. The number of fused-ring (bicyclic) bond motifs is 1. The molecule has 0 saturated carbocycles. The molecule has 0 aromatic heterocycles. The van der Waals surface area contributed by atoms with Gasteiger partial charge in [-0.3, -0.25) is 4.79 Å². The van der Waals surface area contributed by atoms with Crippen molar-refractivity contribution in [3.05, 3.63) is 82.9 Å². The first-order chi connectivity index (χ1) is 25.7. The molecule has 290 valence electrons. The smallest absolute Gasteiger partial charge is 0.224 e. The average Bonchev–Trinajstić information content (AvgIpc) is 3.17. The molecule has 0 radical (unpaired) electrons. The summed E-state index contributed by atoms with van der Waals surface area (Å²) in [6.07, 6.45) is 4.61. The molecular weight excluding hydrogens is 668 g/mol. The summed E-state index contributed by atoms with van der Waals surface area (Å²) in [5.41, 5.74) is 4.84. The van der Waals surface area contributed by atoms with Crippen LogP contribution in [0.15, 0.2) is 60.7 Å². The van der Waals surface area contributed by atoms with E-state index in [1.54, 1.807) is 6.07 Å². The van der Waals surface area contributed by atoms with E-state index in [0.29, 0.717) is 82.9 Å². The van der Waals surface area contributed by atoms with E-state index in [1.165, 1.54) is 5.56 Å². The van der Waals surface area contributed by atoms with Crippen molar-refractivity contribution in [2.75, 3.05) is 77.6 Å². The molecule has 0 unspecified atom stereocenters. The quantitative estimate of drug-likeness (QED) is 0.0807. The second-order valence-corrected chi connectivity index (χ2v) is 14.9. The van der Waals surface area contributed by atoms with Crippen LogP contribution in [0.3, 0.4) is 0 Å². The van der Waals surface area contributed by atoms with Gasteiger partial charge in [-0.1, -0.05) is 48.5 Å². The Morgan fingerprint density at radius 1 is 0.943 bits per heavy atom. The van der Waals surface area contributed by atoms with Crippen LogP contribution in [0.5, 0.6) is 17.2 Å². The Labute approximate surface area is 316 Å². The summed E-state index contributed by atoms with van der Waals surface area (Å²) in [6, 6.07) is 20.8. The Kier molecular flexibility index (Phi) is 15.2. The van der Waals surface area contributed by atoms with Gasteiger partial charge in [0, 0.05) is 49.8 Å². The van der Waals surface area contributed by atoms with Crippen molar-refractivity contribution < 1.29 is 29.2 Å². The molecule has 1 amide bonds. The fourth-order valence-electron chi connectivity index (χ4n) is 7.60. The average molecular weight is 731 g/mol. The fraction of sp³-hybridized carbons (Fsp3) is 0.558. The number of phenols is 2. The Hall–Kier alpha value is -3.83. The topological polar surface area (TPSA) is 116 Å². The predicted octanol–water partition coefficient (Wildman–Crippen LogP) is 6.12. The lowest BCUT2D eigenvalue weighted by Crippen LogP contribution is -2.45. The van der Waals surface area contributed by atoms with Crippen molar-refractivity contribution in [3.8, 4) is 17.2 Å². The van der Waals surface area contributed by atoms with Gasteiger partial charge in [0.15, 0.2) is 0 Å². The Balaban J connectivity index is 1.11. The minimum absolute atomic E-state index is 0.0767.